The number of hydrogen-bond donors (Lipinski definition) is 2. The molecule has 1 aromatic carbocycles. The van der Waals surface area contributed by atoms with Crippen molar-refractivity contribution in [1.29, 1.82) is 0 Å². The third-order valence-electron chi connectivity index (χ3n) is 2.04. The summed E-state index contributed by atoms with van der Waals surface area (Å²) in [5.41, 5.74) is 3.20. The fraction of sp³-hybridized carbons (Fsp3) is 0.364. The summed E-state index contributed by atoms with van der Waals surface area (Å²) in [6, 6.07) is 7.71. The Balaban J connectivity index is 2.45. The third kappa shape index (κ3) is 3.99. The van der Waals surface area contributed by atoms with Crippen molar-refractivity contribution >= 4 is 5.91 Å². The first-order chi connectivity index (χ1) is 7.26. The van der Waals surface area contributed by atoms with Crippen LogP contribution in [-0.4, -0.2) is 12.5 Å². The average molecular weight is 208 g/mol. The van der Waals surface area contributed by atoms with E-state index in [9.17, 15) is 4.79 Å². The molecule has 0 aliphatic rings. The Labute approximate surface area is 89.4 Å². The quantitative estimate of drug-likeness (QED) is 0.431. The van der Waals surface area contributed by atoms with Gasteiger partial charge in [-0.2, -0.15) is 0 Å². The summed E-state index contributed by atoms with van der Waals surface area (Å²) in [6.45, 7) is 2.61. The molecule has 4 nitrogen and oxygen atoms in total. The van der Waals surface area contributed by atoms with Gasteiger partial charge in [-0.1, -0.05) is 12.1 Å². The zero-order valence-corrected chi connectivity index (χ0v) is 8.82. The molecule has 0 saturated carbocycles. The molecule has 0 radical (unpaired) electrons. The molecule has 0 aliphatic heterocycles. The molecule has 0 bridgehead atoms. The van der Waals surface area contributed by atoms with Gasteiger partial charge < -0.3 is 4.74 Å². The summed E-state index contributed by atoms with van der Waals surface area (Å²) in [5, 5.41) is 0. The van der Waals surface area contributed by atoms with E-state index in [-0.39, 0.29) is 5.91 Å². The molecular formula is C11H16N2O2. The van der Waals surface area contributed by atoms with E-state index in [0.717, 1.165) is 11.3 Å². The number of carbonyl (C=O) groups excluding carboxylic acids is 1. The number of hydrogen-bond acceptors (Lipinski definition) is 3. The number of amides is 1. The predicted octanol–water partition coefficient (Wildman–Crippen LogP) is 1.01. The van der Waals surface area contributed by atoms with Crippen LogP contribution in [0.2, 0.25) is 0 Å². The second-order valence-corrected chi connectivity index (χ2v) is 3.14. The Bertz CT molecular complexity index is 309. The summed E-state index contributed by atoms with van der Waals surface area (Å²) >= 11 is 0. The number of aryl methyl sites for hydroxylation is 1. The standard InChI is InChI=1S/C11H16N2O2/c1-2-15-10-6-3-9(4-7-10)5-8-11(14)13-12/h3-4,6-7H,2,5,8,12H2,1H3,(H,13,14). The maximum atomic E-state index is 10.9. The molecule has 0 spiro atoms. The van der Waals surface area contributed by atoms with Crippen LogP contribution in [0.5, 0.6) is 5.75 Å². The normalized spacial score (nSPS) is 9.73. The van der Waals surface area contributed by atoms with Crippen molar-refractivity contribution in [3.05, 3.63) is 29.8 Å². The lowest BCUT2D eigenvalue weighted by Crippen LogP contribution is -2.30. The van der Waals surface area contributed by atoms with Gasteiger partial charge >= 0.3 is 0 Å². The van der Waals surface area contributed by atoms with Crippen molar-refractivity contribution in [1.82, 2.24) is 5.43 Å². The maximum absolute atomic E-state index is 10.9. The minimum Gasteiger partial charge on any atom is -0.494 e. The van der Waals surface area contributed by atoms with E-state index in [1.54, 1.807) is 0 Å². The van der Waals surface area contributed by atoms with E-state index in [4.69, 9.17) is 10.6 Å². The Hall–Kier alpha value is -1.55. The molecular weight excluding hydrogens is 192 g/mol. The molecule has 15 heavy (non-hydrogen) atoms. The molecule has 0 atom stereocenters. The van der Waals surface area contributed by atoms with Crippen LogP contribution in [0.4, 0.5) is 0 Å². The van der Waals surface area contributed by atoms with Gasteiger partial charge in [-0.3, -0.25) is 10.2 Å². The van der Waals surface area contributed by atoms with Crippen molar-refractivity contribution < 1.29 is 9.53 Å². The van der Waals surface area contributed by atoms with Gasteiger partial charge in [0.25, 0.3) is 0 Å². The van der Waals surface area contributed by atoms with Crippen LogP contribution < -0.4 is 16.0 Å². The first kappa shape index (κ1) is 11.5. The van der Waals surface area contributed by atoms with Crippen molar-refractivity contribution in [2.75, 3.05) is 6.61 Å². The smallest absolute Gasteiger partial charge is 0.234 e. The number of nitrogens with two attached hydrogens (primary N) is 1. The summed E-state index contributed by atoms with van der Waals surface area (Å²) in [4.78, 5) is 10.9. The maximum Gasteiger partial charge on any atom is 0.234 e. The minimum absolute atomic E-state index is 0.149. The van der Waals surface area contributed by atoms with E-state index in [1.807, 2.05) is 31.2 Å². The van der Waals surface area contributed by atoms with Crippen LogP contribution in [0.3, 0.4) is 0 Å². The zero-order chi connectivity index (χ0) is 11.1. The van der Waals surface area contributed by atoms with Gasteiger partial charge in [0.2, 0.25) is 5.91 Å². The summed E-state index contributed by atoms with van der Waals surface area (Å²) in [7, 11) is 0. The third-order valence-corrected chi connectivity index (χ3v) is 2.04. The van der Waals surface area contributed by atoms with Gasteiger partial charge in [-0.25, -0.2) is 5.84 Å². The molecule has 0 unspecified atom stereocenters. The van der Waals surface area contributed by atoms with Crippen LogP contribution in [0.1, 0.15) is 18.9 Å². The molecule has 1 amide bonds. The summed E-state index contributed by atoms with van der Waals surface area (Å²) < 4.78 is 5.31. The minimum atomic E-state index is -0.149. The van der Waals surface area contributed by atoms with Gasteiger partial charge in [0.05, 0.1) is 6.61 Å². The second kappa shape index (κ2) is 6.03. The molecule has 1 aromatic rings. The van der Waals surface area contributed by atoms with Crippen LogP contribution >= 0.6 is 0 Å². The Morgan fingerprint density at radius 2 is 2.07 bits per heavy atom. The van der Waals surface area contributed by atoms with E-state index < -0.39 is 0 Å². The number of carbonyl (C=O) groups is 1. The molecule has 0 fully saturated rings. The molecule has 4 heteroatoms. The van der Waals surface area contributed by atoms with Gasteiger partial charge in [0.1, 0.15) is 5.75 Å². The Kier molecular flexibility index (Phi) is 4.63. The fourth-order valence-corrected chi connectivity index (χ4v) is 1.25. The highest BCUT2D eigenvalue weighted by molar-refractivity contribution is 5.75. The fourth-order valence-electron chi connectivity index (χ4n) is 1.25. The van der Waals surface area contributed by atoms with Crippen molar-refractivity contribution in [2.45, 2.75) is 19.8 Å². The van der Waals surface area contributed by atoms with Gasteiger partial charge in [0, 0.05) is 6.42 Å². The van der Waals surface area contributed by atoms with Crippen LogP contribution in [-0.2, 0) is 11.2 Å². The molecule has 82 valence electrons. The van der Waals surface area contributed by atoms with Crippen molar-refractivity contribution in [2.24, 2.45) is 5.84 Å². The second-order valence-electron chi connectivity index (χ2n) is 3.14. The molecule has 3 N–H and O–H groups in total. The lowest BCUT2D eigenvalue weighted by Gasteiger charge is -2.04. The highest BCUT2D eigenvalue weighted by Gasteiger charge is 2.00. The Morgan fingerprint density at radius 3 is 2.60 bits per heavy atom. The number of nitrogens with one attached hydrogen (secondary N) is 1. The van der Waals surface area contributed by atoms with E-state index in [1.165, 1.54) is 0 Å². The highest BCUT2D eigenvalue weighted by Crippen LogP contribution is 2.13. The van der Waals surface area contributed by atoms with Crippen molar-refractivity contribution in [3.63, 3.8) is 0 Å². The number of rotatable bonds is 5. The van der Waals surface area contributed by atoms with E-state index >= 15 is 0 Å². The monoisotopic (exact) mass is 208 g/mol. The first-order valence-electron chi connectivity index (χ1n) is 4.97. The summed E-state index contributed by atoms with van der Waals surface area (Å²) in [6.07, 6.45) is 1.10. The van der Waals surface area contributed by atoms with E-state index in [0.29, 0.717) is 19.4 Å². The lowest BCUT2D eigenvalue weighted by atomic mass is 10.1. The largest absolute Gasteiger partial charge is 0.494 e. The number of hydrazine groups is 1. The Morgan fingerprint density at radius 1 is 1.40 bits per heavy atom. The van der Waals surface area contributed by atoms with Gasteiger partial charge in [-0.05, 0) is 31.0 Å². The van der Waals surface area contributed by atoms with Gasteiger partial charge in [-0.15, -0.1) is 0 Å². The van der Waals surface area contributed by atoms with E-state index in [2.05, 4.69) is 5.43 Å². The predicted molar refractivity (Wildman–Crippen MR) is 58.3 cm³/mol. The van der Waals surface area contributed by atoms with Gasteiger partial charge in [0.15, 0.2) is 0 Å². The molecule has 0 heterocycles. The lowest BCUT2D eigenvalue weighted by molar-refractivity contribution is -0.121. The molecule has 1 rings (SSSR count). The number of ether oxygens (including phenoxy) is 1. The molecule has 0 aliphatic carbocycles. The highest BCUT2D eigenvalue weighted by atomic mass is 16.5. The van der Waals surface area contributed by atoms with Crippen LogP contribution in [0, 0.1) is 0 Å². The summed E-state index contributed by atoms with van der Waals surface area (Å²) in [5.74, 6) is 5.68. The average Bonchev–Trinajstić information content (AvgIpc) is 2.28. The van der Waals surface area contributed by atoms with Crippen LogP contribution in [0.25, 0.3) is 0 Å². The van der Waals surface area contributed by atoms with Crippen LogP contribution in [0.15, 0.2) is 24.3 Å². The first-order valence-corrected chi connectivity index (χ1v) is 4.97. The SMILES string of the molecule is CCOc1ccc(CCC(=O)NN)cc1. The molecule has 0 saturated heterocycles. The topological polar surface area (TPSA) is 64.3 Å². The number of benzene rings is 1. The zero-order valence-electron chi connectivity index (χ0n) is 8.82. The van der Waals surface area contributed by atoms with Crippen molar-refractivity contribution in [3.8, 4) is 5.75 Å². The molecule has 0 aromatic heterocycles.